The van der Waals surface area contributed by atoms with Crippen molar-refractivity contribution in [2.24, 2.45) is 0 Å². The molecule has 108 valence electrons. The van der Waals surface area contributed by atoms with Crippen LogP contribution < -0.4 is 5.73 Å². The third kappa shape index (κ3) is 1.91. The van der Waals surface area contributed by atoms with Crippen LogP contribution >= 0.6 is 0 Å². The number of ether oxygens (including phenoxy) is 1. The zero-order valence-corrected chi connectivity index (χ0v) is 10.5. The summed E-state index contributed by atoms with van der Waals surface area (Å²) >= 11 is 0. The van der Waals surface area contributed by atoms with Crippen LogP contribution in [0.1, 0.15) is 6.04 Å². The van der Waals surface area contributed by atoms with E-state index in [0.717, 1.165) is 0 Å². The highest BCUT2D eigenvalue weighted by Gasteiger charge is 2.39. The maximum absolute atomic E-state index is 10.2. The van der Waals surface area contributed by atoms with Gasteiger partial charge < -0.3 is 30.4 Å². The molecule has 2 aromatic heterocycles. The van der Waals surface area contributed by atoms with Crippen molar-refractivity contribution in [1.29, 1.82) is 0 Å². The number of imidazole rings is 1. The lowest BCUT2D eigenvalue weighted by atomic mass is 9.98. The van der Waals surface area contributed by atoms with Gasteiger partial charge in [-0.25, -0.2) is 15.0 Å². The molecule has 0 radical (unpaired) electrons. The third-order valence-electron chi connectivity index (χ3n) is 3.53. The molecule has 2 aromatic rings. The summed E-state index contributed by atoms with van der Waals surface area (Å²) < 4.78 is 6.93. The SMILES string of the molecule is Nc1ncnc2c1ncn2[C@@H]1CO[C@H](CO)[C@@H](O)[C@H]1O. The lowest BCUT2D eigenvalue weighted by Crippen LogP contribution is -2.51. The fourth-order valence-corrected chi connectivity index (χ4v) is 2.39. The second-order valence-corrected chi connectivity index (χ2v) is 4.69. The van der Waals surface area contributed by atoms with Gasteiger partial charge in [0.1, 0.15) is 30.2 Å². The van der Waals surface area contributed by atoms with Gasteiger partial charge in [-0.3, -0.25) is 0 Å². The molecule has 0 aromatic carbocycles. The average molecular weight is 281 g/mol. The van der Waals surface area contributed by atoms with E-state index >= 15 is 0 Å². The molecule has 0 saturated carbocycles. The molecule has 0 amide bonds. The Hall–Kier alpha value is -1.81. The van der Waals surface area contributed by atoms with Crippen LogP contribution in [0.4, 0.5) is 5.82 Å². The van der Waals surface area contributed by atoms with Gasteiger partial charge in [0.25, 0.3) is 0 Å². The highest BCUT2D eigenvalue weighted by Crippen LogP contribution is 2.27. The van der Waals surface area contributed by atoms with Gasteiger partial charge >= 0.3 is 0 Å². The Morgan fingerprint density at radius 3 is 2.85 bits per heavy atom. The smallest absolute Gasteiger partial charge is 0.165 e. The van der Waals surface area contributed by atoms with Gasteiger partial charge in [0, 0.05) is 0 Å². The summed E-state index contributed by atoms with van der Waals surface area (Å²) in [5, 5.41) is 29.1. The highest BCUT2D eigenvalue weighted by atomic mass is 16.5. The lowest BCUT2D eigenvalue weighted by molar-refractivity contribution is -0.169. The minimum absolute atomic E-state index is 0.124. The molecule has 20 heavy (non-hydrogen) atoms. The van der Waals surface area contributed by atoms with Crippen molar-refractivity contribution in [2.45, 2.75) is 24.4 Å². The molecule has 0 unspecified atom stereocenters. The Kier molecular flexibility index (Phi) is 3.26. The average Bonchev–Trinajstić information content (AvgIpc) is 2.87. The van der Waals surface area contributed by atoms with Gasteiger partial charge in [-0.15, -0.1) is 0 Å². The fourth-order valence-electron chi connectivity index (χ4n) is 2.39. The van der Waals surface area contributed by atoms with Crippen molar-refractivity contribution < 1.29 is 20.1 Å². The maximum atomic E-state index is 10.2. The standard InChI is InChI=1S/C11H15N5O4/c12-10-7-11(14-3-13-10)16(4-15-7)5-2-20-6(1-17)9(19)8(5)18/h3-6,8-9,17-19H,1-2H2,(H2,12,13,14)/t5-,6-,8+,9-/m1/s1. The van der Waals surface area contributed by atoms with Crippen LogP contribution in [0.2, 0.25) is 0 Å². The summed E-state index contributed by atoms with van der Waals surface area (Å²) in [5.74, 6) is 0.244. The summed E-state index contributed by atoms with van der Waals surface area (Å²) in [6.07, 6.45) is -0.307. The summed E-state index contributed by atoms with van der Waals surface area (Å²) in [5.41, 5.74) is 6.59. The van der Waals surface area contributed by atoms with Crippen LogP contribution in [0.25, 0.3) is 11.2 Å². The Balaban J connectivity index is 1.97. The van der Waals surface area contributed by atoms with E-state index in [2.05, 4.69) is 15.0 Å². The van der Waals surface area contributed by atoms with E-state index in [1.807, 2.05) is 0 Å². The monoisotopic (exact) mass is 281 g/mol. The Morgan fingerprint density at radius 1 is 1.30 bits per heavy atom. The highest BCUT2D eigenvalue weighted by molar-refractivity contribution is 5.81. The van der Waals surface area contributed by atoms with E-state index in [1.165, 1.54) is 12.7 Å². The molecule has 9 heteroatoms. The molecular formula is C11H15N5O4. The predicted octanol–water partition coefficient (Wildman–Crippen LogP) is -1.94. The van der Waals surface area contributed by atoms with Crippen molar-refractivity contribution in [3.63, 3.8) is 0 Å². The van der Waals surface area contributed by atoms with Crippen molar-refractivity contribution in [3.8, 4) is 0 Å². The largest absolute Gasteiger partial charge is 0.394 e. The molecule has 0 aliphatic carbocycles. The van der Waals surface area contributed by atoms with Crippen molar-refractivity contribution in [1.82, 2.24) is 19.5 Å². The summed E-state index contributed by atoms with van der Waals surface area (Å²) in [6.45, 7) is -0.233. The maximum Gasteiger partial charge on any atom is 0.165 e. The molecule has 1 aliphatic rings. The zero-order chi connectivity index (χ0) is 14.3. The van der Waals surface area contributed by atoms with Gasteiger partial charge in [0.05, 0.1) is 25.6 Å². The van der Waals surface area contributed by atoms with Gasteiger partial charge in [0.2, 0.25) is 0 Å². The van der Waals surface area contributed by atoms with E-state index in [1.54, 1.807) is 4.57 Å². The molecule has 0 spiro atoms. The van der Waals surface area contributed by atoms with E-state index in [4.69, 9.17) is 15.6 Å². The molecule has 1 saturated heterocycles. The van der Waals surface area contributed by atoms with E-state index in [9.17, 15) is 10.2 Å². The minimum atomic E-state index is -1.18. The van der Waals surface area contributed by atoms with Gasteiger partial charge in [-0.2, -0.15) is 0 Å². The van der Waals surface area contributed by atoms with Crippen LogP contribution in [0.5, 0.6) is 0 Å². The molecule has 3 heterocycles. The first-order chi connectivity index (χ1) is 9.63. The number of nitrogen functional groups attached to an aromatic ring is 1. The topological polar surface area (TPSA) is 140 Å². The van der Waals surface area contributed by atoms with Crippen LogP contribution in [-0.4, -0.2) is 66.4 Å². The number of rotatable bonds is 2. The molecule has 9 nitrogen and oxygen atoms in total. The molecule has 4 atom stereocenters. The van der Waals surface area contributed by atoms with Crippen LogP contribution in [0.3, 0.4) is 0 Å². The number of hydrogen-bond acceptors (Lipinski definition) is 8. The first-order valence-corrected chi connectivity index (χ1v) is 6.15. The Morgan fingerprint density at radius 2 is 2.10 bits per heavy atom. The molecule has 1 fully saturated rings. The number of aliphatic hydroxyl groups excluding tert-OH is 3. The number of hydrogen-bond donors (Lipinski definition) is 4. The predicted molar refractivity (Wildman–Crippen MR) is 67.6 cm³/mol. The number of fused-ring (bicyclic) bond motifs is 1. The van der Waals surface area contributed by atoms with Crippen molar-refractivity contribution in [3.05, 3.63) is 12.7 Å². The Bertz CT molecular complexity index is 618. The first kappa shape index (κ1) is 13.2. The zero-order valence-electron chi connectivity index (χ0n) is 10.5. The second-order valence-electron chi connectivity index (χ2n) is 4.69. The summed E-state index contributed by atoms with van der Waals surface area (Å²) in [6, 6.07) is -0.563. The number of aromatic nitrogens is 4. The minimum Gasteiger partial charge on any atom is -0.394 e. The summed E-state index contributed by atoms with van der Waals surface area (Å²) in [7, 11) is 0. The molecular weight excluding hydrogens is 266 g/mol. The number of aliphatic hydroxyl groups is 3. The van der Waals surface area contributed by atoms with E-state index < -0.39 is 24.4 Å². The number of anilines is 1. The van der Waals surface area contributed by atoms with Crippen molar-refractivity contribution in [2.75, 3.05) is 18.9 Å². The van der Waals surface area contributed by atoms with Crippen LogP contribution in [0, 0.1) is 0 Å². The molecule has 1 aliphatic heterocycles. The molecule has 3 rings (SSSR count). The van der Waals surface area contributed by atoms with Gasteiger partial charge in [-0.1, -0.05) is 0 Å². The molecule has 0 bridgehead atoms. The van der Waals surface area contributed by atoms with Gasteiger partial charge in [0.15, 0.2) is 11.5 Å². The first-order valence-electron chi connectivity index (χ1n) is 6.15. The third-order valence-corrected chi connectivity index (χ3v) is 3.53. The summed E-state index contributed by atoms with van der Waals surface area (Å²) in [4.78, 5) is 12.0. The van der Waals surface area contributed by atoms with Gasteiger partial charge in [-0.05, 0) is 0 Å². The number of nitrogens with two attached hydrogens (primary N) is 1. The van der Waals surface area contributed by atoms with Crippen LogP contribution in [0.15, 0.2) is 12.7 Å². The Labute approximate surface area is 113 Å². The fraction of sp³-hybridized carbons (Fsp3) is 0.545. The lowest BCUT2D eigenvalue weighted by Gasteiger charge is -2.37. The number of nitrogens with zero attached hydrogens (tertiary/aromatic N) is 4. The van der Waals surface area contributed by atoms with Crippen LogP contribution in [-0.2, 0) is 4.74 Å². The van der Waals surface area contributed by atoms with E-state index in [0.29, 0.717) is 11.2 Å². The molecule has 5 N–H and O–H groups in total. The normalized spacial score (nSPS) is 30.8. The van der Waals surface area contributed by atoms with E-state index in [-0.39, 0.29) is 19.0 Å². The quantitative estimate of drug-likeness (QED) is 0.498. The second kappa shape index (κ2) is 4.94. The van der Waals surface area contributed by atoms with Crippen molar-refractivity contribution >= 4 is 17.0 Å².